The molecule has 2 heterocycles. The van der Waals surface area contributed by atoms with Crippen LogP contribution in [0.3, 0.4) is 0 Å². The van der Waals surface area contributed by atoms with Crippen LogP contribution >= 0.6 is 0 Å². The maximum Gasteiger partial charge on any atom is 0.308 e. The molecule has 1 aromatic heterocycles. The zero-order valence-corrected chi connectivity index (χ0v) is 10.6. The zero-order valence-electron chi connectivity index (χ0n) is 10.6. The van der Waals surface area contributed by atoms with Gasteiger partial charge in [0.05, 0.1) is 18.6 Å². The van der Waals surface area contributed by atoms with Gasteiger partial charge in [0.15, 0.2) is 0 Å². The lowest BCUT2D eigenvalue weighted by molar-refractivity contribution is -0.146. The molecule has 0 saturated carbocycles. The maximum absolute atomic E-state index is 12.1. The highest BCUT2D eigenvalue weighted by Gasteiger charge is 2.28. The molecule has 0 aromatic carbocycles. The van der Waals surface area contributed by atoms with E-state index in [1.54, 1.807) is 17.9 Å². The molecule has 1 fully saturated rings. The number of piperidine rings is 1. The van der Waals surface area contributed by atoms with E-state index in [0.29, 0.717) is 31.5 Å². The lowest BCUT2D eigenvalue weighted by Gasteiger charge is -2.30. The molecule has 98 valence electrons. The van der Waals surface area contributed by atoms with Crippen molar-refractivity contribution in [1.82, 2.24) is 4.90 Å². The van der Waals surface area contributed by atoms with E-state index in [9.17, 15) is 9.59 Å². The fraction of sp³-hybridized carbons (Fsp3) is 0.538. The molecule has 0 N–H and O–H groups in total. The van der Waals surface area contributed by atoms with E-state index in [0.717, 1.165) is 5.76 Å². The molecule has 0 radical (unpaired) electrons. The van der Waals surface area contributed by atoms with E-state index in [-0.39, 0.29) is 17.8 Å². The van der Waals surface area contributed by atoms with Crippen LogP contribution in [0.15, 0.2) is 16.7 Å². The van der Waals surface area contributed by atoms with Gasteiger partial charge in [-0.25, -0.2) is 0 Å². The smallest absolute Gasteiger partial charge is 0.308 e. The van der Waals surface area contributed by atoms with Crippen LogP contribution in [-0.2, 0) is 9.53 Å². The molecule has 1 aliphatic rings. The van der Waals surface area contributed by atoms with Gasteiger partial charge in [-0.1, -0.05) is 0 Å². The summed E-state index contributed by atoms with van der Waals surface area (Å²) in [6, 6.07) is 1.73. The highest BCUT2D eigenvalue weighted by molar-refractivity contribution is 5.94. The summed E-state index contributed by atoms with van der Waals surface area (Å²) in [4.78, 5) is 25.2. The Morgan fingerprint density at radius 3 is 2.56 bits per heavy atom. The highest BCUT2D eigenvalue weighted by Crippen LogP contribution is 2.20. The van der Waals surface area contributed by atoms with Crippen molar-refractivity contribution in [2.75, 3.05) is 20.2 Å². The van der Waals surface area contributed by atoms with Crippen molar-refractivity contribution in [3.8, 4) is 0 Å². The van der Waals surface area contributed by atoms with Crippen LogP contribution in [-0.4, -0.2) is 37.0 Å². The summed E-state index contributed by atoms with van der Waals surface area (Å²) in [5, 5.41) is 0. The Bertz CT molecular complexity index is 444. The third kappa shape index (κ3) is 2.55. The van der Waals surface area contributed by atoms with Crippen LogP contribution in [0.4, 0.5) is 0 Å². The lowest BCUT2D eigenvalue weighted by Crippen LogP contribution is -2.40. The first-order valence-corrected chi connectivity index (χ1v) is 6.04. The third-order valence-electron chi connectivity index (χ3n) is 3.29. The van der Waals surface area contributed by atoms with Gasteiger partial charge >= 0.3 is 5.97 Å². The first kappa shape index (κ1) is 12.7. The Morgan fingerprint density at radius 2 is 2.06 bits per heavy atom. The molecular formula is C13H17NO4. The van der Waals surface area contributed by atoms with Crippen LogP contribution in [0.1, 0.15) is 29.0 Å². The minimum Gasteiger partial charge on any atom is -0.469 e. The average molecular weight is 251 g/mol. The van der Waals surface area contributed by atoms with Gasteiger partial charge in [0.25, 0.3) is 5.91 Å². The molecule has 2 rings (SSSR count). The number of ether oxygens (including phenoxy) is 1. The van der Waals surface area contributed by atoms with E-state index in [1.165, 1.54) is 13.4 Å². The summed E-state index contributed by atoms with van der Waals surface area (Å²) in [7, 11) is 1.40. The maximum atomic E-state index is 12.1. The van der Waals surface area contributed by atoms with Crippen LogP contribution < -0.4 is 0 Å². The molecular weight excluding hydrogens is 234 g/mol. The number of nitrogens with zero attached hydrogens (tertiary/aromatic N) is 1. The van der Waals surface area contributed by atoms with Crippen molar-refractivity contribution in [3.05, 3.63) is 23.7 Å². The van der Waals surface area contributed by atoms with E-state index >= 15 is 0 Å². The summed E-state index contributed by atoms with van der Waals surface area (Å²) >= 11 is 0. The first-order chi connectivity index (χ1) is 8.61. The molecule has 0 bridgehead atoms. The predicted molar refractivity (Wildman–Crippen MR) is 64.1 cm³/mol. The van der Waals surface area contributed by atoms with Crippen molar-refractivity contribution < 1.29 is 18.7 Å². The van der Waals surface area contributed by atoms with Gasteiger partial charge in [-0.05, 0) is 25.8 Å². The minimum absolute atomic E-state index is 0.0323. The first-order valence-electron chi connectivity index (χ1n) is 6.04. The van der Waals surface area contributed by atoms with E-state index < -0.39 is 0 Å². The number of carbonyl (C=O) groups is 2. The molecule has 0 unspecified atom stereocenters. The Balaban J connectivity index is 1.94. The number of methoxy groups -OCH3 is 1. The molecule has 1 amide bonds. The predicted octanol–water partition coefficient (Wildman–Crippen LogP) is 1.61. The van der Waals surface area contributed by atoms with Crippen molar-refractivity contribution >= 4 is 11.9 Å². The molecule has 0 atom stereocenters. The van der Waals surface area contributed by atoms with Gasteiger partial charge in [-0.3, -0.25) is 9.59 Å². The van der Waals surface area contributed by atoms with E-state index in [2.05, 4.69) is 0 Å². The molecule has 18 heavy (non-hydrogen) atoms. The number of aryl methyl sites for hydroxylation is 1. The average Bonchev–Trinajstić information content (AvgIpc) is 2.84. The van der Waals surface area contributed by atoms with Crippen molar-refractivity contribution in [3.63, 3.8) is 0 Å². The van der Waals surface area contributed by atoms with Gasteiger partial charge in [0.2, 0.25) is 0 Å². The molecule has 5 nitrogen and oxygen atoms in total. The second-order valence-corrected chi connectivity index (χ2v) is 4.54. The second kappa shape index (κ2) is 5.25. The number of likely N-dealkylation sites (tertiary alicyclic amines) is 1. The zero-order chi connectivity index (χ0) is 13.1. The van der Waals surface area contributed by atoms with Crippen molar-refractivity contribution in [2.24, 2.45) is 5.92 Å². The van der Waals surface area contributed by atoms with Gasteiger partial charge in [-0.15, -0.1) is 0 Å². The van der Waals surface area contributed by atoms with Crippen LogP contribution in [0, 0.1) is 12.8 Å². The van der Waals surface area contributed by atoms with Gasteiger partial charge in [-0.2, -0.15) is 0 Å². The normalized spacial score (nSPS) is 16.7. The third-order valence-corrected chi connectivity index (χ3v) is 3.29. The Labute approximate surface area is 106 Å². The van der Waals surface area contributed by atoms with E-state index in [1.807, 2.05) is 0 Å². The van der Waals surface area contributed by atoms with Crippen LogP contribution in [0.5, 0.6) is 0 Å². The molecule has 1 aliphatic heterocycles. The number of carbonyl (C=O) groups excluding carboxylic acids is 2. The summed E-state index contributed by atoms with van der Waals surface area (Å²) in [6.07, 6.45) is 2.80. The van der Waals surface area contributed by atoms with Crippen LogP contribution in [0.2, 0.25) is 0 Å². The quantitative estimate of drug-likeness (QED) is 0.749. The van der Waals surface area contributed by atoms with Gasteiger partial charge < -0.3 is 14.1 Å². The Hall–Kier alpha value is -1.78. The number of amides is 1. The largest absolute Gasteiger partial charge is 0.469 e. The molecule has 1 saturated heterocycles. The number of furan rings is 1. The summed E-state index contributed by atoms with van der Waals surface area (Å²) in [5.41, 5.74) is 0.573. The highest BCUT2D eigenvalue weighted by atomic mass is 16.5. The summed E-state index contributed by atoms with van der Waals surface area (Å²) < 4.78 is 9.85. The monoisotopic (exact) mass is 251 g/mol. The van der Waals surface area contributed by atoms with Crippen molar-refractivity contribution in [1.29, 1.82) is 0 Å². The number of hydrogen-bond acceptors (Lipinski definition) is 4. The summed E-state index contributed by atoms with van der Waals surface area (Å²) in [6.45, 7) is 2.98. The standard InChI is InChI=1S/C13H17NO4/c1-9-7-11(8-18-9)12(15)14-5-3-10(4-6-14)13(16)17-2/h7-8,10H,3-6H2,1-2H3. The number of esters is 1. The molecule has 0 spiro atoms. The number of rotatable bonds is 2. The number of hydrogen-bond donors (Lipinski definition) is 0. The van der Waals surface area contributed by atoms with Gasteiger partial charge in [0.1, 0.15) is 12.0 Å². The van der Waals surface area contributed by atoms with Gasteiger partial charge in [0, 0.05) is 13.1 Å². The fourth-order valence-corrected chi connectivity index (χ4v) is 2.22. The molecule has 1 aromatic rings. The molecule has 0 aliphatic carbocycles. The Kier molecular flexibility index (Phi) is 3.69. The van der Waals surface area contributed by atoms with Crippen molar-refractivity contribution in [2.45, 2.75) is 19.8 Å². The molecule has 5 heteroatoms. The fourth-order valence-electron chi connectivity index (χ4n) is 2.22. The topological polar surface area (TPSA) is 59.8 Å². The lowest BCUT2D eigenvalue weighted by atomic mass is 9.96. The van der Waals surface area contributed by atoms with Crippen LogP contribution in [0.25, 0.3) is 0 Å². The minimum atomic E-state index is -0.179. The second-order valence-electron chi connectivity index (χ2n) is 4.54. The SMILES string of the molecule is COC(=O)C1CCN(C(=O)c2coc(C)c2)CC1. The van der Waals surface area contributed by atoms with E-state index in [4.69, 9.17) is 9.15 Å². The Morgan fingerprint density at radius 1 is 1.39 bits per heavy atom. The summed E-state index contributed by atoms with van der Waals surface area (Å²) in [5.74, 6) is 0.435.